The topological polar surface area (TPSA) is 96.0 Å². The number of rotatable bonds is 11. The normalized spacial score (nSPS) is 12.1. The number of likely N-dealkylation sites (N-methyl/N-ethyl adjacent to an activating group) is 1. The Balaban J connectivity index is 2.46. The van der Waals surface area contributed by atoms with Crippen LogP contribution < -0.4 is 14.4 Å². The summed E-state index contributed by atoms with van der Waals surface area (Å²) < 4.78 is 31.4. The van der Waals surface area contributed by atoms with E-state index >= 15 is 0 Å². The van der Waals surface area contributed by atoms with Crippen LogP contribution in [0.3, 0.4) is 0 Å². The summed E-state index contributed by atoms with van der Waals surface area (Å²) in [5, 5.41) is 3.41. The van der Waals surface area contributed by atoms with Gasteiger partial charge in [0.1, 0.15) is 18.3 Å². The lowest BCUT2D eigenvalue weighted by Gasteiger charge is -2.33. The van der Waals surface area contributed by atoms with Gasteiger partial charge in [0.2, 0.25) is 21.8 Å². The van der Waals surface area contributed by atoms with Crippen LogP contribution >= 0.6 is 23.2 Å². The number of sulfonamides is 1. The van der Waals surface area contributed by atoms with Crippen LogP contribution in [0.1, 0.15) is 25.8 Å². The van der Waals surface area contributed by atoms with E-state index in [9.17, 15) is 18.0 Å². The van der Waals surface area contributed by atoms with Crippen molar-refractivity contribution in [3.05, 3.63) is 58.1 Å². The molecule has 0 aliphatic heterocycles. The van der Waals surface area contributed by atoms with Gasteiger partial charge in [-0.1, -0.05) is 42.3 Å². The highest BCUT2D eigenvalue weighted by Gasteiger charge is 2.31. The van der Waals surface area contributed by atoms with E-state index in [1.807, 2.05) is 0 Å². The Labute approximate surface area is 210 Å². The molecule has 0 spiro atoms. The van der Waals surface area contributed by atoms with Crippen LogP contribution in [-0.2, 0) is 26.2 Å². The number of carbonyl (C=O) groups excluding carboxylic acids is 2. The lowest BCUT2D eigenvalue weighted by Crippen LogP contribution is -2.52. The molecule has 8 nitrogen and oxygen atoms in total. The Kier molecular flexibility index (Phi) is 10.0. The van der Waals surface area contributed by atoms with Gasteiger partial charge in [-0.15, -0.1) is 0 Å². The minimum atomic E-state index is -3.83. The zero-order valence-corrected chi connectivity index (χ0v) is 21.9. The molecule has 1 atom stereocenters. The second-order valence-corrected chi connectivity index (χ2v) is 10.3. The van der Waals surface area contributed by atoms with E-state index in [-0.39, 0.29) is 18.1 Å². The third-order valence-electron chi connectivity index (χ3n) is 5.09. The van der Waals surface area contributed by atoms with Crippen LogP contribution in [0, 0.1) is 0 Å². The molecule has 0 aliphatic carbocycles. The Bertz CT molecular complexity index is 1130. The van der Waals surface area contributed by atoms with Gasteiger partial charge >= 0.3 is 0 Å². The highest BCUT2D eigenvalue weighted by atomic mass is 35.5. The zero-order valence-electron chi connectivity index (χ0n) is 19.5. The van der Waals surface area contributed by atoms with Crippen molar-refractivity contribution in [1.29, 1.82) is 0 Å². The van der Waals surface area contributed by atoms with Crippen molar-refractivity contribution in [2.75, 3.05) is 30.8 Å². The summed E-state index contributed by atoms with van der Waals surface area (Å²) in [7, 11) is -2.36. The lowest BCUT2D eigenvalue weighted by atomic mass is 10.1. The molecule has 2 amide bonds. The van der Waals surface area contributed by atoms with Crippen molar-refractivity contribution in [2.45, 2.75) is 32.9 Å². The zero-order chi connectivity index (χ0) is 25.5. The van der Waals surface area contributed by atoms with Crippen molar-refractivity contribution in [3.63, 3.8) is 0 Å². The molecular formula is C23H29Cl2N3O5S. The van der Waals surface area contributed by atoms with Crippen LogP contribution in [-0.4, -0.2) is 57.6 Å². The average molecular weight is 530 g/mol. The van der Waals surface area contributed by atoms with Gasteiger partial charge in [-0.05, 0) is 43.2 Å². The summed E-state index contributed by atoms with van der Waals surface area (Å²) in [6.45, 7) is 3.50. The SMILES string of the molecule is CCNC(=O)[C@@H](CC)N(Cc1ccc(Cl)c(Cl)c1)C(=O)CN(c1cccc(OC)c1)S(C)(=O)=O. The van der Waals surface area contributed by atoms with Gasteiger partial charge in [-0.3, -0.25) is 13.9 Å². The van der Waals surface area contributed by atoms with E-state index in [0.29, 0.717) is 34.3 Å². The van der Waals surface area contributed by atoms with Crippen molar-refractivity contribution in [1.82, 2.24) is 10.2 Å². The number of nitrogens with zero attached hydrogens (tertiary/aromatic N) is 2. The number of amides is 2. The first-order valence-corrected chi connectivity index (χ1v) is 13.2. The molecule has 34 heavy (non-hydrogen) atoms. The average Bonchev–Trinajstić information content (AvgIpc) is 2.79. The van der Waals surface area contributed by atoms with Crippen LogP contribution in [0.2, 0.25) is 10.0 Å². The summed E-state index contributed by atoms with van der Waals surface area (Å²) in [5.74, 6) is -0.428. The molecule has 11 heteroatoms. The van der Waals surface area contributed by atoms with Gasteiger partial charge in [0.05, 0.1) is 29.1 Å². The molecule has 0 bridgehead atoms. The third kappa shape index (κ3) is 7.25. The van der Waals surface area contributed by atoms with Crippen molar-refractivity contribution in [2.24, 2.45) is 0 Å². The molecule has 0 saturated heterocycles. The first-order chi connectivity index (χ1) is 16.0. The van der Waals surface area contributed by atoms with E-state index in [1.165, 1.54) is 18.1 Å². The molecule has 0 aliphatic rings. The monoisotopic (exact) mass is 529 g/mol. The van der Waals surface area contributed by atoms with E-state index in [0.717, 1.165) is 10.6 Å². The van der Waals surface area contributed by atoms with Gasteiger partial charge in [-0.2, -0.15) is 0 Å². The molecule has 0 radical (unpaired) electrons. The number of ether oxygens (including phenoxy) is 1. The number of carbonyl (C=O) groups is 2. The molecule has 0 saturated carbocycles. The summed E-state index contributed by atoms with van der Waals surface area (Å²) in [6, 6.07) is 10.5. The molecule has 0 fully saturated rings. The largest absolute Gasteiger partial charge is 0.497 e. The Morgan fingerprint density at radius 1 is 1.09 bits per heavy atom. The third-order valence-corrected chi connectivity index (χ3v) is 6.97. The lowest BCUT2D eigenvalue weighted by molar-refractivity contribution is -0.140. The van der Waals surface area contributed by atoms with Crippen molar-refractivity contribution >= 4 is 50.7 Å². The van der Waals surface area contributed by atoms with Gasteiger partial charge in [0.15, 0.2) is 0 Å². The molecule has 186 valence electrons. The number of anilines is 1. The van der Waals surface area contributed by atoms with Crippen LogP contribution in [0.5, 0.6) is 5.75 Å². The summed E-state index contributed by atoms with van der Waals surface area (Å²) >= 11 is 12.2. The van der Waals surface area contributed by atoms with Crippen LogP contribution in [0.15, 0.2) is 42.5 Å². The minimum Gasteiger partial charge on any atom is -0.497 e. The Morgan fingerprint density at radius 2 is 1.79 bits per heavy atom. The fourth-order valence-corrected chi connectivity index (χ4v) is 4.59. The molecule has 1 N–H and O–H groups in total. The number of hydrogen-bond acceptors (Lipinski definition) is 5. The maximum atomic E-state index is 13.5. The fraction of sp³-hybridized carbons (Fsp3) is 0.391. The number of methoxy groups -OCH3 is 1. The number of benzene rings is 2. The Morgan fingerprint density at radius 3 is 2.35 bits per heavy atom. The highest BCUT2D eigenvalue weighted by molar-refractivity contribution is 7.92. The maximum absolute atomic E-state index is 13.5. The smallest absolute Gasteiger partial charge is 0.244 e. The molecule has 0 unspecified atom stereocenters. The Hall–Kier alpha value is -2.49. The first kappa shape index (κ1) is 27.8. The van der Waals surface area contributed by atoms with Crippen molar-refractivity contribution < 1.29 is 22.7 Å². The highest BCUT2D eigenvalue weighted by Crippen LogP contribution is 2.26. The standard InChI is InChI=1S/C23H29Cl2N3O5S/c1-5-21(23(30)26-6-2)27(14-16-10-11-19(24)20(25)12-16)22(29)15-28(34(4,31)32)17-8-7-9-18(13-17)33-3/h7-13,21H,5-6,14-15H2,1-4H3,(H,26,30)/t21-/m1/s1. The second-order valence-electron chi connectivity index (χ2n) is 7.56. The number of halogens is 2. The van der Waals surface area contributed by atoms with Crippen LogP contribution in [0.25, 0.3) is 0 Å². The van der Waals surface area contributed by atoms with Crippen molar-refractivity contribution in [3.8, 4) is 5.75 Å². The summed E-state index contributed by atoms with van der Waals surface area (Å²) in [5.41, 5.74) is 0.925. The first-order valence-electron chi connectivity index (χ1n) is 10.6. The fourth-order valence-electron chi connectivity index (χ4n) is 3.43. The quantitative estimate of drug-likeness (QED) is 0.478. The molecule has 2 rings (SSSR count). The predicted octanol–water partition coefficient (Wildman–Crippen LogP) is 3.71. The van der Waals surface area contributed by atoms with Gasteiger partial charge in [0, 0.05) is 19.2 Å². The number of hydrogen-bond donors (Lipinski definition) is 1. The molecule has 0 heterocycles. The predicted molar refractivity (Wildman–Crippen MR) is 135 cm³/mol. The van der Waals surface area contributed by atoms with E-state index in [1.54, 1.807) is 50.2 Å². The molecule has 0 aromatic heterocycles. The summed E-state index contributed by atoms with van der Waals surface area (Å²) in [6.07, 6.45) is 1.35. The summed E-state index contributed by atoms with van der Waals surface area (Å²) in [4.78, 5) is 27.7. The molecule has 2 aromatic carbocycles. The van der Waals surface area contributed by atoms with Crippen LogP contribution in [0.4, 0.5) is 5.69 Å². The number of nitrogens with one attached hydrogen (secondary N) is 1. The van der Waals surface area contributed by atoms with E-state index in [4.69, 9.17) is 27.9 Å². The van der Waals surface area contributed by atoms with Gasteiger partial charge < -0.3 is 15.0 Å². The van der Waals surface area contributed by atoms with Gasteiger partial charge in [-0.25, -0.2) is 8.42 Å². The minimum absolute atomic E-state index is 0.0427. The second kappa shape index (κ2) is 12.3. The van der Waals surface area contributed by atoms with E-state index < -0.39 is 28.5 Å². The maximum Gasteiger partial charge on any atom is 0.244 e. The molecule has 2 aromatic rings. The van der Waals surface area contributed by atoms with E-state index in [2.05, 4.69) is 5.32 Å². The molecular weight excluding hydrogens is 501 g/mol. The van der Waals surface area contributed by atoms with Gasteiger partial charge in [0.25, 0.3) is 0 Å².